The van der Waals surface area contributed by atoms with Gasteiger partial charge >= 0.3 is 5.97 Å². The van der Waals surface area contributed by atoms with Crippen molar-refractivity contribution in [1.82, 2.24) is 29.8 Å². The Balaban J connectivity index is 1.61. The van der Waals surface area contributed by atoms with Gasteiger partial charge in [0, 0.05) is 5.56 Å². The molecular weight excluding hydrogens is 486 g/mol. The maximum Gasteiger partial charge on any atom is 0.344 e. The number of nitrogens with zero attached hydrogens (tertiary/aromatic N) is 6. The molecule has 0 saturated carbocycles. The van der Waals surface area contributed by atoms with E-state index in [1.807, 2.05) is 84.9 Å². The van der Waals surface area contributed by atoms with E-state index in [2.05, 4.69) is 10.1 Å². The quantitative estimate of drug-likeness (QED) is 0.310. The fourth-order valence-electron chi connectivity index (χ4n) is 4.07. The maximum absolute atomic E-state index is 13.4. The molecule has 9 nitrogen and oxygen atoms in total. The van der Waals surface area contributed by atoms with E-state index in [1.54, 1.807) is 11.6 Å². The van der Waals surface area contributed by atoms with E-state index in [-0.39, 0.29) is 18.0 Å². The molecule has 0 radical (unpaired) electrons. The predicted molar refractivity (Wildman–Crippen MR) is 143 cm³/mol. The summed E-state index contributed by atoms with van der Waals surface area (Å²) in [5.74, 6) is -0.0190. The zero-order chi connectivity index (χ0) is 25.4. The molecule has 10 heteroatoms. The van der Waals surface area contributed by atoms with E-state index >= 15 is 0 Å². The highest BCUT2D eigenvalue weighted by atomic mass is 32.1. The number of ether oxygens (including phenoxy) is 1. The number of thiazole rings is 1. The van der Waals surface area contributed by atoms with Crippen LogP contribution in [0, 0.1) is 0 Å². The van der Waals surface area contributed by atoms with Crippen LogP contribution in [0.25, 0.3) is 43.7 Å². The Labute approximate surface area is 215 Å². The van der Waals surface area contributed by atoms with Gasteiger partial charge in [-0.25, -0.2) is 14.5 Å². The van der Waals surface area contributed by atoms with Crippen LogP contribution in [-0.2, 0) is 4.74 Å². The summed E-state index contributed by atoms with van der Waals surface area (Å²) in [7, 11) is 0. The van der Waals surface area contributed by atoms with E-state index in [4.69, 9.17) is 20.7 Å². The second-order valence-corrected chi connectivity index (χ2v) is 9.12. The molecule has 0 fully saturated rings. The van der Waals surface area contributed by atoms with Crippen molar-refractivity contribution in [2.75, 3.05) is 12.3 Å². The number of hydrogen-bond donors (Lipinski definition) is 1. The molecule has 6 aromatic rings. The van der Waals surface area contributed by atoms with Crippen molar-refractivity contribution < 1.29 is 9.53 Å². The molecule has 0 aliphatic heterocycles. The van der Waals surface area contributed by atoms with Crippen molar-refractivity contribution >= 4 is 33.3 Å². The third kappa shape index (κ3) is 4.03. The molecule has 0 atom stereocenters. The van der Waals surface area contributed by atoms with Gasteiger partial charge in [-0.1, -0.05) is 60.7 Å². The van der Waals surface area contributed by atoms with Gasteiger partial charge in [0.25, 0.3) is 0 Å². The molecule has 0 bridgehead atoms. The number of carbonyl (C=O) groups is 1. The number of para-hydroxylation sites is 2. The molecule has 6 rings (SSSR count). The molecule has 0 unspecified atom stereocenters. The Morgan fingerprint density at radius 3 is 2.32 bits per heavy atom. The molecule has 3 aromatic heterocycles. The van der Waals surface area contributed by atoms with E-state index in [1.165, 1.54) is 16.1 Å². The minimum atomic E-state index is -0.532. The first-order valence-electron chi connectivity index (χ1n) is 11.6. The Hall–Kier alpha value is -4.83. The summed E-state index contributed by atoms with van der Waals surface area (Å²) in [5.41, 5.74) is 9.81. The van der Waals surface area contributed by atoms with Gasteiger partial charge in [0.1, 0.15) is 16.3 Å². The summed E-state index contributed by atoms with van der Waals surface area (Å²) in [6, 6.07) is 26.8. The van der Waals surface area contributed by atoms with Crippen LogP contribution < -0.4 is 5.73 Å². The lowest BCUT2D eigenvalue weighted by atomic mass is 10.1. The van der Waals surface area contributed by atoms with E-state index in [0.29, 0.717) is 22.2 Å². The lowest BCUT2D eigenvalue weighted by molar-refractivity contribution is 0.0527. The highest BCUT2D eigenvalue weighted by Crippen LogP contribution is 2.34. The molecule has 3 aromatic carbocycles. The summed E-state index contributed by atoms with van der Waals surface area (Å²) in [6.07, 6.45) is 0. The number of nitrogen functional groups attached to an aromatic ring is 1. The number of anilines is 1. The summed E-state index contributed by atoms with van der Waals surface area (Å²) >= 11 is 1.47. The van der Waals surface area contributed by atoms with Gasteiger partial charge in [-0.3, -0.25) is 0 Å². The molecule has 0 aliphatic rings. The average Bonchev–Trinajstić information content (AvgIpc) is 3.64. The van der Waals surface area contributed by atoms with Crippen LogP contribution >= 0.6 is 11.3 Å². The van der Waals surface area contributed by atoms with Crippen molar-refractivity contribution in [2.24, 2.45) is 0 Å². The largest absolute Gasteiger partial charge is 0.462 e. The third-order valence-electron chi connectivity index (χ3n) is 5.71. The molecule has 0 saturated heterocycles. The normalized spacial score (nSPS) is 11.2. The molecule has 0 spiro atoms. The summed E-state index contributed by atoms with van der Waals surface area (Å²) < 4.78 is 8.11. The van der Waals surface area contributed by atoms with Crippen molar-refractivity contribution in [3.63, 3.8) is 0 Å². The minimum absolute atomic E-state index is 0.191. The number of hydrogen-bond acceptors (Lipinski definition) is 8. The Morgan fingerprint density at radius 1 is 0.892 bits per heavy atom. The van der Waals surface area contributed by atoms with Crippen LogP contribution in [0.4, 0.5) is 5.82 Å². The van der Waals surface area contributed by atoms with Crippen LogP contribution in [0.5, 0.6) is 0 Å². The minimum Gasteiger partial charge on any atom is -0.462 e. The first-order valence-corrected chi connectivity index (χ1v) is 12.5. The number of benzene rings is 3. The molecule has 182 valence electrons. The van der Waals surface area contributed by atoms with Gasteiger partial charge in [-0.2, -0.15) is 5.10 Å². The Bertz CT molecular complexity index is 1690. The number of rotatable bonds is 6. The fourth-order valence-corrected chi connectivity index (χ4v) is 5.03. The SMILES string of the molecule is CCOC(=O)c1c(-c2ccccc2)nn(-c2ccccc2)c1-n1nc(N)c(-c2nc3ccccc3s2)n1. The summed E-state index contributed by atoms with van der Waals surface area (Å²) in [4.78, 5) is 19.4. The number of esters is 1. The fraction of sp³-hybridized carbons (Fsp3) is 0.0741. The van der Waals surface area contributed by atoms with Crippen molar-refractivity contribution in [2.45, 2.75) is 6.92 Å². The van der Waals surface area contributed by atoms with Crippen LogP contribution in [0.3, 0.4) is 0 Å². The van der Waals surface area contributed by atoms with E-state index in [9.17, 15) is 4.79 Å². The average molecular weight is 508 g/mol. The van der Waals surface area contributed by atoms with Gasteiger partial charge in [0.05, 0.1) is 22.5 Å². The maximum atomic E-state index is 13.4. The second-order valence-electron chi connectivity index (χ2n) is 8.09. The molecule has 0 aliphatic carbocycles. The van der Waals surface area contributed by atoms with Gasteiger partial charge < -0.3 is 10.5 Å². The van der Waals surface area contributed by atoms with Crippen molar-refractivity contribution in [1.29, 1.82) is 0 Å². The predicted octanol–water partition coefficient (Wildman–Crippen LogP) is 5.16. The molecule has 37 heavy (non-hydrogen) atoms. The zero-order valence-electron chi connectivity index (χ0n) is 19.8. The van der Waals surface area contributed by atoms with Gasteiger partial charge in [0.2, 0.25) is 0 Å². The molecule has 2 N–H and O–H groups in total. The topological polar surface area (TPSA) is 114 Å². The number of fused-ring (bicyclic) bond motifs is 1. The van der Waals surface area contributed by atoms with Crippen LogP contribution in [0.1, 0.15) is 17.3 Å². The Kier molecular flexibility index (Phi) is 5.70. The first-order chi connectivity index (χ1) is 18.1. The molecule has 3 heterocycles. The number of aromatic nitrogens is 6. The summed E-state index contributed by atoms with van der Waals surface area (Å²) in [5, 5.41) is 14.7. The lowest BCUT2D eigenvalue weighted by Crippen LogP contribution is -2.14. The third-order valence-corrected chi connectivity index (χ3v) is 6.76. The van der Waals surface area contributed by atoms with Crippen LogP contribution in [-0.4, -0.2) is 42.3 Å². The van der Waals surface area contributed by atoms with Crippen molar-refractivity contribution in [3.05, 3.63) is 90.5 Å². The Morgan fingerprint density at radius 2 is 1.59 bits per heavy atom. The smallest absolute Gasteiger partial charge is 0.344 e. The lowest BCUT2D eigenvalue weighted by Gasteiger charge is -2.08. The number of carbonyl (C=O) groups excluding carboxylic acids is 1. The monoisotopic (exact) mass is 507 g/mol. The highest BCUT2D eigenvalue weighted by Gasteiger charge is 2.30. The van der Waals surface area contributed by atoms with Crippen molar-refractivity contribution in [3.8, 4) is 33.5 Å². The highest BCUT2D eigenvalue weighted by molar-refractivity contribution is 7.21. The van der Waals surface area contributed by atoms with Gasteiger partial charge in [0.15, 0.2) is 17.3 Å². The molecular formula is C27H21N7O2S. The van der Waals surface area contributed by atoms with E-state index < -0.39 is 5.97 Å². The standard InChI is InChI=1S/C27H21N7O2S/c1-2-36-27(35)21-22(17-11-5-3-6-12-17)30-33(18-13-7-4-8-14-18)26(21)34-31-23(24(28)32-34)25-29-19-15-9-10-16-20(19)37-25/h3-16H,2H2,1H3,(H2,28,32). The van der Waals surface area contributed by atoms with E-state index in [0.717, 1.165) is 21.5 Å². The second kappa shape index (κ2) is 9.32. The molecule has 0 amide bonds. The van der Waals surface area contributed by atoms with Crippen LogP contribution in [0.2, 0.25) is 0 Å². The zero-order valence-corrected chi connectivity index (χ0v) is 20.6. The van der Waals surface area contributed by atoms with Gasteiger partial charge in [-0.05, 0) is 31.2 Å². The van der Waals surface area contributed by atoms with Gasteiger partial charge in [-0.15, -0.1) is 26.3 Å². The first kappa shape index (κ1) is 22.6. The van der Waals surface area contributed by atoms with Crippen LogP contribution in [0.15, 0.2) is 84.9 Å². The summed E-state index contributed by atoms with van der Waals surface area (Å²) in [6.45, 7) is 1.96. The number of nitrogens with two attached hydrogens (primary N) is 1.